The molecule has 4 heterocycles. The number of halogens is 2. The summed E-state index contributed by atoms with van der Waals surface area (Å²) < 4.78 is 31.7. The van der Waals surface area contributed by atoms with Crippen LogP contribution in [0.4, 0.5) is 8.78 Å². The molecule has 0 aromatic heterocycles. The zero-order valence-electron chi connectivity index (χ0n) is 12.9. The maximum atomic E-state index is 13.5. The molecule has 0 atom stereocenters. The first kappa shape index (κ1) is 15.1. The molecule has 0 aliphatic carbocycles. The Morgan fingerprint density at radius 3 is 2.58 bits per heavy atom. The van der Waals surface area contributed by atoms with Crippen molar-refractivity contribution in [2.45, 2.75) is 6.42 Å². The van der Waals surface area contributed by atoms with Crippen LogP contribution in [0.3, 0.4) is 0 Å². The molecule has 1 N–H and O–H groups in total. The Bertz CT molecular complexity index is 906. The van der Waals surface area contributed by atoms with Crippen LogP contribution in [0.15, 0.2) is 54.8 Å². The van der Waals surface area contributed by atoms with E-state index >= 15 is 0 Å². The van der Waals surface area contributed by atoms with Gasteiger partial charge in [-0.3, -0.25) is 0 Å². The summed E-state index contributed by atoms with van der Waals surface area (Å²) in [6, 6.07) is 12.6. The normalized spacial score (nSPS) is 21.0. The third-order valence-electron chi connectivity index (χ3n) is 5.04. The number of allylic oxidation sites excluding steroid dienone is 3. The zero-order chi connectivity index (χ0) is 16.3. The molecule has 1 fully saturated rings. The Labute approximate surface area is 151 Å². The third kappa shape index (κ3) is 2.21. The predicted molar refractivity (Wildman–Crippen MR) is 96.3 cm³/mol. The fourth-order valence-electron chi connectivity index (χ4n) is 4.16. The monoisotopic (exact) mass is 441 g/mol. The molecule has 0 saturated carbocycles. The zero-order valence-corrected chi connectivity index (χ0v) is 17.0. The standard InChI is InChI=1S/C19H14F2NS.In/c20-17-8-14(9-18(21)11-17)6-7-16(10-19-12-23-13-22-19)15-4-2-1-3-5-15;/h1-4,8-9,11,22H,6,12-13H2;. The number of thioether (sulfide) groups is 1. The molecule has 24 heavy (non-hydrogen) atoms. The van der Waals surface area contributed by atoms with E-state index in [1.807, 2.05) is 11.8 Å². The second kappa shape index (κ2) is 5.67. The molecule has 6 rings (SSSR count). The first-order chi connectivity index (χ1) is 11.7. The molecule has 2 bridgehead atoms. The van der Waals surface area contributed by atoms with Crippen LogP contribution in [0.1, 0.15) is 11.1 Å². The second-order valence-electron chi connectivity index (χ2n) is 6.44. The topological polar surface area (TPSA) is 12.0 Å². The fourth-order valence-corrected chi connectivity index (χ4v) is 16.5. The summed E-state index contributed by atoms with van der Waals surface area (Å²) in [5.74, 6) is 1.10. The van der Waals surface area contributed by atoms with Gasteiger partial charge in [0.1, 0.15) is 0 Å². The first-order valence-electron chi connectivity index (χ1n) is 8.04. The fraction of sp³-hybridized carbons (Fsp3) is 0.158. The van der Waals surface area contributed by atoms with E-state index in [0.29, 0.717) is 6.42 Å². The summed E-state index contributed by atoms with van der Waals surface area (Å²) in [5, 5.41) is 3.54. The van der Waals surface area contributed by atoms with E-state index in [2.05, 4.69) is 29.6 Å². The number of nitrogens with one attached hydrogen (secondary N) is 1. The van der Waals surface area contributed by atoms with Gasteiger partial charge in [-0.25, -0.2) is 0 Å². The van der Waals surface area contributed by atoms with Gasteiger partial charge in [-0.1, -0.05) is 0 Å². The van der Waals surface area contributed by atoms with E-state index in [1.165, 1.54) is 32.3 Å². The minimum atomic E-state index is -2.18. The van der Waals surface area contributed by atoms with Crippen LogP contribution < -0.4 is 8.64 Å². The van der Waals surface area contributed by atoms with Gasteiger partial charge in [-0.2, -0.15) is 0 Å². The van der Waals surface area contributed by atoms with E-state index < -0.39 is 33.1 Å². The van der Waals surface area contributed by atoms with Gasteiger partial charge in [0, 0.05) is 0 Å². The summed E-state index contributed by atoms with van der Waals surface area (Å²) in [7, 11) is 0. The summed E-state index contributed by atoms with van der Waals surface area (Å²) in [4.78, 5) is 0. The van der Waals surface area contributed by atoms with E-state index in [0.717, 1.165) is 23.3 Å². The SMILES string of the molecule is Fc1cc(F)cc(C[C]2=C3/[C](=C4\CSCN4)[In]2[c]2ccccc23)c1. The molecule has 2 aromatic carbocycles. The van der Waals surface area contributed by atoms with E-state index in [9.17, 15) is 8.78 Å². The Balaban J connectivity index is 1.60. The maximum absolute atomic E-state index is 13.5. The van der Waals surface area contributed by atoms with Crippen LogP contribution in [-0.2, 0) is 6.42 Å². The van der Waals surface area contributed by atoms with Crippen molar-refractivity contribution in [3.05, 3.63) is 77.6 Å². The first-order valence-corrected chi connectivity index (χ1v) is 14.1. The molecule has 118 valence electrons. The van der Waals surface area contributed by atoms with Gasteiger partial charge in [-0.15, -0.1) is 0 Å². The number of rotatable bonds is 2. The number of benzene rings is 2. The van der Waals surface area contributed by atoms with Crippen molar-refractivity contribution in [3.63, 3.8) is 0 Å². The van der Waals surface area contributed by atoms with Crippen LogP contribution >= 0.6 is 11.8 Å². The van der Waals surface area contributed by atoms with Crippen LogP contribution in [0, 0.1) is 11.6 Å². The average Bonchev–Trinajstić information content (AvgIpc) is 3.23. The number of hydrogen-bond acceptors (Lipinski definition) is 2. The minimum absolute atomic E-state index is 0.484. The van der Waals surface area contributed by atoms with E-state index in [4.69, 9.17) is 0 Å². The van der Waals surface area contributed by atoms with Crippen molar-refractivity contribution in [2.75, 3.05) is 11.6 Å². The van der Waals surface area contributed by atoms with Gasteiger partial charge >= 0.3 is 152 Å². The van der Waals surface area contributed by atoms with Crippen molar-refractivity contribution in [2.24, 2.45) is 0 Å². The van der Waals surface area contributed by atoms with Gasteiger partial charge in [0.05, 0.1) is 0 Å². The molecule has 5 heteroatoms. The van der Waals surface area contributed by atoms with Crippen molar-refractivity contribution < 1.29 is 8.78 Å². The van der Waals surface area contributed by atoms with Gasteiger partial charge in [-0.05, 0) is 0 Å². The molecule has 0 amide bonds. The molecule has 0 radical (unpaired) electrons. The van der Waals surface area contributed by atoms with Crippen LogP contribution in [-0.4, -0.2) is 33.1 Å². The third-order valence-corrected chi connectivity index (χ3v) is 16.0. The summed E-state index contributed by atoms with van der Waals surface area (Å²) >= 11 is -0.262. The van der Waals surface area contributed by atoms with Crippen molar-refractivity contribution in [1.29, 1.82) is 0 Å². The molecule has 4 aliphatic heterocycles. The molecular formula is C19H14F2InNS. The van der Waals surface area contributed by atoms with E-state index in [1.54, 1.807) is 6.65 Å². The predicted octanol–water partition coefficient (Wildman–Crippen LogP) is 3.32. The number of hydrogen-bond donors (Lipinski definition) is 1. The van der Waals surface area contributed by atoms with Crippen molar-refractivity contribution in [3.8, 4) is 0 Å². The van der Waals surface area contributed by atoms with Crippen LogP contribution in [0.5, 0.6) is 0 Å². The van der Waals surface area contributed by atoms with Gasteiger partial charge in [0.25, 0.3) is 0 Å². The second-order valence-corrected chi connectivity index (χ2v) is 15.3. The summed E-state index contributed by atoms with van der Waals surface area (Å²) in [6.07, 6.45) is 0.698. The molecule has 2 aromatic rings. The van der Waals surface area contributed by atoms with Gasteiger partial charge < -0.3 is 0 Å². The Morgan fingerprint density at radius 1 is 1.08 bits per heavy atom. The molecule has 0 unspecified atom stereocenters. The van der Waals surface area contributed by atoms with Crippen molar-refractivity contribution >= 4 is 42.1 Å². The van der Waals surface area contributed by atoms with Gasteiger partial charge in [0.15, 0.2) is 0 Å². The summed E-state index contributed by atoms with van der Waals surface area (Å²) in [5.41, 5.74) is 4.95. The average molecular weight is 441 g/mol. The molecule has 0 spiro atoms. The quantitative estimate of drug-likeness (QED) is 0.768. The Hall–Kier alpha value is -1.20. The molecule has 1 saturated heterocycles. The molecule has 4 aliphatic rings. The van der Waals surface area contributed by atoms with Gasteiger partial charge in [0.2, 0.25) is 0 Å². The van der Waals surface area contributed by atoms with Crippen molar-refractivity contribution in [1.82, 2.24) is 5.32 Å². The van der Waals surface area contributed by atoms with Crippen LogP contribution in [0.2, 0.25) is 0 Å². The van der Waals surface area contributed by atoms with Crippen LogP contribution in [0.25, 0.3) is 5.57 Å². The Kier molecular flexibility index (Phi) is 3.56. The Morgan fingerprint density at radius 2 is 1.88 bits per heavy atom. The van der Waals surface area contributed by atoms with E-state index in [-0.39, 0.29) is 0 Å². The summed E-state index contributed by atoms with van der Waals surface area (Å²) in [6.45, 7) is 0. The molecular weight excluding hydrogens is 427 g/mol. The molecule has 1 nitrogen and oxygen atoms in total.